The van der Waals surface area contributed by atoms with Gasteiger partial charge in [-0.1, -0.05) is 25.5 Å². The average Bonchev–Trinajstić information content (AvgIpc) is 3.23. The Kier molecular flexibility index (Phi) is 5.17. The SMILES string of the molecule is COc1cc(O)c2c(O)c3c(c4c2c1[C@]1(C4)C(C)=CCCC1(C)C)[C@@H](O)[C@H]1CC(O)=C(C(N)=O)C(=O)[C@@]1(O)C3=O. The number of methoxy groups -OCH3 is 1. The van der Waals surface area contributed by atoms with E-state index in [9.17, 15) is 39.9 Å². The van der Waals surface area contributed by atoms with Crippen LogP contribution < -0.4 is 10.5 Å². The van der Waals surface area contributed by atoms with Gasteiger partial charge in [0.05, 0.1) is 24.2 Å². The van der Waals surface area contributed by atoms with Crippen LogP contribution in [0.1, 0.15) is 73.2 Å². The number of hydrogen-bond acceptors (Lipinski definition) is 9. The van der Waals surface area contributed by atoms with Gasteiger partial charge in [-0.25, -0.2) is 0 Å². The zero-order valence-electron chi connectivity index (χ0n) is 22.6. The molecular weight excluding hydrogens is 518 g/mol. The number of carbonyl (C=O) groups excluding carboxylic acids is 3. The number of phenolic OH excluding ortho intramolecular Hbond substituents is 2. The molecule has 210 valence electrons. The summed E-state index contributed by atoms with van der Waals surface area (Å²) in [4.78, 5) is 39.3. The normalized spacial score (nSPS) is 30.4. The molecule has 0 saturated carbocycles. The van der Waals surface area contributed by atoms with Gasteiger partial charge in [0.2, 0.25) is 11.6 Å². The molecule has 0 unspecified atom stereocenters. The first kappa shape index (κ1) is 26.3. The third kappa shape index (κ3) is 2.73. The zero-order valence-corrected chi connectivity index (χ0v) is 22.6. The molecule has 10 nitrogen and oxygen atoms in total. The number of aliphatic hydroxyl groups is 3. The zero-order chi connectivity index (χ0) is 29.3. The van der Waals surface area contributed by atoms with E-state index in [1.165, 1.54) is 13.2 Å². The lowest BCUT2D eigenvalue weighted by molar-refractivity contribution is -0.143. The van der Waals surface area contributed by atoms with Gasteiger partial charge >= 0.3 is 0 Å². The number of aromatic hydroxyl groups is 2. The summed E-state index contributed by atoms with van der Waals surface area (Å²) in [6.07, 6.45) is 1.80. The van der Waals surface area contributed by atoms with Crippen LogP contribution in [0, 0.1) is 11.3 Å². The van der Waals surface area contributed by atoms with Crippen molar-refractivity contribution in [1.29, 1.82) is 0 Å². The number of ether oxygens (including phenoxy) is 1. The monoisotopic (exact) mass is 549 g/mol. The van der Waals surface area contributed by atoms with E-state index in [0.29, 0.717) is 22.3 Å². The summed E-state index contributed by atoms with van der Waals surface area (Å²) in [5.74, 6) is -6.99. The Balaban J connectivity index is 1.75. The summed E-state index contributed by atoms with van der Waals surface area (Å²) >= 11 is 0. The highest BCUT2D eigenvalue weighted by Gasteiger charge is 2.64. The number of Topliss-reactive ketones (excluding diaryl/α,β-unsaturated/α-hetero) is 2. The molecule has 0 heterocycles. The number of aliphatic hydroxyl groups excluding tert-OH is 2. The van der Waals surface area contributed by atoms with Crippen LogP contribution >= 0.6 is 0 Å². The van der Waals surface area contributed by atoms with E-state index in [1.54, 1.807) is 0 Å². The Morgan fingerprint density at radius 1 is 1.12 bits per heavy atom. The summed E-state index contributed by atoms with van der Waals surface area (Å²) in [6, 6.07) is 1.37. The number of allylic oxidation sites excluding steroid dienone is 3. The number of carbonyl (C=O) groups is 3. The number of rotatable bonds is 2. The lowest BCUT2D eigenvalue weighted by atomic mass is 9.54. The largest absolute Gasteiger partial charge is 0.511 e. The maximum absolute atomic E-state index is 14.0. The van der Waals surface area contributed by atoms with Crippen LogP contribution in [0.25, 0.3) is 10.8 Å². The number of fused-ring (bicyclic) bond motifs is 4. The molecule has 2 aromatic carbocycles. The van der Waals surface area contributed by atoms with E-state index in [1.807, 2.05) is 6.92 Å². The summed E-state index contributed by atoms with van der Waals surface area (Å²) in [6.45, 7) is 6.24. The van der Waals surface area contributed by atoms with Crippen LogP contribution in [0.3, 0.4) is 0 Å². The van der Waals surface area contributed by atoms with Gasteiger partial charge in [0.15, 0.2) is 5.60 Å². The van der Waals surface area contributed by atoms with Gasteiger partial charge in [0, 0.05) is 34.8 Å². The van der Waals surface area contributed by atoms with Gasteiger partial charge in [0.25, 0.3) is 5.91 Å². The molecule has 0 bridgehead atoms. The fourth-order valence-corrected chi connectivity index (χ4v) is 8.09. The molecule has 0 saturated heterocycles. The van der Waals surface area contributed by atoms with E-state index in [0.717, 1.165) is 18.4 Å². The van der Waals surface area contributed by atoms with Gasteiger partial charge in [-0.2, -0.15) is 0 Å². The van der Waals surface area contributed by atoms with Gasteiger partial charge in [-0.05, 0) is 42.7 Å². The lowest BCUT2D eigenvalue weighted by Crippen LogP contribution is -2.61. The smallest absolute Gasteiger partial charge is 0.255 e. The molecule has 1 amide bonds. The molecule has 7 N–H and O–H groups in total. The van der Waals surface area contributed by atoms with Gasteiger partial charge in [-0.3, -0.25) is 14.4 Å². The van der Waals surface area contributed by atoms with Gasteiger partial charge in [-0.15, -0.1) is 0 Å². The Morgan fingerprint density at radius 2 is 1.80 bits per heavy atom. The standard InChI is InChI=1S/C30H31NO9/c1-11-6-5-7-28(2,3)29(11)10-12-17-19(15(33)9-16(40-4)22(17)29)24(35)21-18(12)23(34)13-8-14(32)20(27(31)38)25(36)30(13,39)26(21)37/h6,9,13,23,32-35,39H,5,7-8,10H2,1-4H3,(H2,31,38)/t13-,23+,29+,30-/m1/s1. The summed E-state index contributed by atoms with van der Waals surface area (Å²) < 4.78 is 5.76. The molecule has 10 heteroatoms. The van der Waals surface area contributed by atoms with E-state index in [4.69, 9.17) is 10.5 Å². The highest BCUT2D eigenvalue weighted by atomic mass is 16.5. The van der Waals surface area contributed by atoms with E-state index >= 15 is 0 Å². The minimum atomic E-state index is -2.97. The van der Waals surface area contributed by atoms with Crippen molar-refractivity contribution in [2.75, 3.05) is 7.11 Å². The van der Waals surface area contributed by atoms with Crippen LogP contribution in [0.15, 0.2) is 29.0 Å². The molecule has 1 spiro atoms. The number of nitrogens with two attached hydrogens (primary N) is 1. The first-order valence-corrected chi connectivity index (χ1v) is 13.2. The predicted octanol–water partition coefficient (Wildman–Crippen LogP) is 2.67. The summed E-state index contributed by atoms with van der Waals surface area (Å²) in [7, 11) is 1.48. The lowest BCUT2D eigenvalue weighted by Gasteiger charge is -2.49. The van der Waals surface area contributed by atoms with Gasteiger partial charge < -0.3 is 36.0 Å². The Labute approximate surface area is 229 Å². The molecule has 4 aliphatic carbocycles. The topological polar surface area (TPSA) is 188 Å². The van der Waals surface area contributed by atoms with E-state index in [-0.39, 0.29) is 28.5 Å². The molecule has 0 fully saturated rings. The summed E-state index contributed by atoms with van der Waals surface area (Å²) in [5, 5.41) is 56.9. The second kappa shape index (κ2) is 7.86. The molecule has 6 rings (SSSR count). The third-order valence-corrected chi connectivity index (χ3v) is 10.1. The van der Waals surface area contributed by atoms with Crippen molar-refractivity contribution in [2.24, 2.45) is 17.1 Å². The van der Waals surface area contributed by atoms with Crippen LogP contribution in [-0.4, -0.2) is 55.7 Å². The van der Waals surface area contributed by atoms with Crippen LogP contribution in [0.5, 0.6) is 17.2 Å². The van der Waals surface area contributed by atoms with Crippen molar-refractivity contribution in [3.63, 3.8) is 0 Å². The number of primary amides is 1. The molecule has 0 aromatic heterocycles. The van der Waals surface area contributed by atoms with Crippen molar-refractivity contribution in [3.8, 4) is 17.2 Å². The minimum absolute atomic E-state index is 0.0211. The van der Waals surface area contributed by atoms with E-state index < -0.39 is 69.6 Å². The fourth-order valence-electron chi connectivity index (χ4n) is 8.09. The number of amides is 1. The Morgan fingerprint density at radius 3 is 2.40 bits per heavy atom. The van der Waals surface area contributed by atoms with Crippen molar-refractivity contribution in [2.45, 2.75) is 63.6 Å². The van der Waals surface area contributed by atoms with Crippen molar-refractivity contribution >= 4 is 28.2 Å². The summed E-state index contributed by atoms with van der Waals surface area (Å²) in [5.41, 5.74) is 2.07. The molecule has 4 aliphatic rings. The molecule has 4 atom stereocenters. The first-order chi connectivity index (χ1) is 18.7. The predicted molar refractivity (Wildman–Crippen MR) is 142 cm³/mol. The minimum Gasteiger partial charge on any atom is -0.511 e. The maximum Gasteiger partial charge on any atom is 0.255 e. The van der Waals surface area contributed by atoms with Crippen LogP contribution in [0.2, 0.25) is 0 Å². The Hall–Kier alpha value is -3.89. The number of hydrogen-bond donors (Lipinski definition) is 6. The fraction of sp³-hybridized carbons (Fsp3) is 0.433. The highest BCUT2D eigenvalue weighted by Crippen LogP contribution is 2.66. The van der Waals surface area contributed by atoms with E-state index in [2.05, 4.69) is 19.9 Å². The van der Waals surface area contributed by atoms with Gasteiger partial charge in [0.1, 0.15) is 28.6 Å². The van der Waals surface area contributed by atoms with Crippen molar-refractivity contribution in [3.05, 3.63) is 51.3 Å². The maximum atomic E-state index is 14.0. The van der Waals surface area contributed by atoms with Crippen molar-refractivity contribution in [1.82, 2.24) is 0 Å². The quantitative estimate of drug-likeness (QED) is 0.186. The average molecular weight is 550 g/mol. The van der Waals surface area contributed by atoms with Crippen molar-refractivity contribution < 1.29 is 44.7 Å². The second-order valence-electron chi connectivity index (χ2n) is 12.1. The Bertz CT molecular complexity index is 1670. The highest BCUT2D eigenvalue weighted by molar-refractivity contribution is 6.33. The number of benzene rings is 2. The number of phenols is 2. The molecule has 0 aliphatic heterocycles. The second-order valence-corrected chi connectivity index (χ2v) is 12.1. The number of ketones is 2. The molecule has 2 aromatic rings. The first-order valence-electron chi connectivity index (χ1n) is 13.2. The molecular formula is C30H31NO9. The van der Waals surface area contributed by atoms with Crippen LogP contribution in [0.4, 0.5) is 0 Å². The van der Waals surface area contributed by atoms with Crippen LogP contribution in [-0.2, 0) is 21.4 Å². The molecule has 0 radical (unpaired) electrons. The third-order valence-electron chi connectivity index (χ3n) is 10.1. The molecule has 40 heavy (non-hydrogen) atoms.